The first-order valence-electron chi connectivity index (χ1n) is 3.87. The zero-order valence-electron chi connectivity index (χ0n) is 7.06. The van der Waals surface area contributed by atoms with Crippen molar-refractivity contribution in [1.82, 2.24) is 4.90 Å². The van der Waals surface area contributed by atoms with Crippen molar-refractivity contribution in [3.63, 3.8) is 0 Å². The average molecular weight is 171 g/mol. The summed E-state index contributed by atoms with van der Waals surface area (Å²) in [6.45, 7) is 2.51. The van der Waals surface area contributed by atoms with Crippen molar-refractivity contribution in [2.75, 3.05) is 26.7 Å². The topological polar surface area (TPSA) is 49.8 Å². The molecule has 0 saturated carbocycles. The Bertz CT molecular complexity index is 185. The number of likely N-dealkylation sites (tertiary alicyclic amines) is 1. The summed E-state index contributed by atoms with van der Waals surface area (Å²) in [5.74, 6) is -0.890. The van der Waals surface area contributed by atoms with E-state index in [2.05, 4.69) is 4.90 Å². The number of hydrogen-bond acceptors (Lipinski definition) is 3. The number of nitrogens with zero attached hydrogens (tertiary/aromatic N) is 1. The van der Waals surface area contributed by atoms with Gasteiger partial charge in [0, 0.05) is 32.8 Å². The van der Waals surface area contributed by atoms with Crippen LogP contribution in [0.2, 0.25) is 0 Å². The first kappa shape index (κ1) is 9.22. The molecule has 0 radical (unpaired) electrons. The molecular formula is C8H13NO3. The molecule has 0 atom stereocenters. The van der Waals surface area contributed by atoms with Crippen molar-refractivity contribution in [1.29, 1.82) is 0 Å². The Kier molecular flexibility index (Phi) is 3.25. The van der Waals surface area contributed by atoms with Crippen molar-refractivity contribution in [2.45, 2.75) is 6.10 Å². The van der Waals surface area contributed by atoms with E-state index in [4.69, 9.17) is 9.84 Å². The number of carboxylic acids is 1. The lowest BCUT2D eigenvalue weighted by Crippen LogP contribution is -2.51. The maximum absolute atomic E-state index is 10.1. The number of ether oxygens (including phenoxy) is 1. The van der Waals surface area contributed by atoms with Crippen molar-refractivity contribution in [2.24, 2.45) is 0 Å². The lowest BCUT2D eigenvalue weighted by atomic mass is 10.2. The molecule has 0 aromatic rings. The van der Waals surface area contributed by atoms with Crippen LogP contribution in [0, 0.1) is 0 Å². The lowest BCUT2D eigenvalue weighted by Gasteiger charge is -2.37. The number of rotatable bonds is 4. The predicted molar refractivity (Wildman–Crippen MR) is 44.0 cm³/mol. The Morgan fingerprint density at radius 3 is 2.92 bits per heavy atom. The molecule has 1 fully saturated rings. The fourth-order valence-corrected chi connectivity index (χ4v) is 1.12. The molecule has 0 bridgehead atoms. The highest BCUT2D eigenvalue weighted by atomic mass is 16.5. The summed E-state index contributed by atoms with van der Waals surface area (Å²) in [7, 11) is 1.69. The van der Waals surface area contributed by atoms with E-state index in [0.717, 1.165) is 13.1 Å². The Labute approximate surface area is 71.4 Å². The van der Waals surface area contributed by atoms with Crippen LogP contribution >= 0.6 is 0 Å². The molecule has 0 aliphatic carbocycles. The maximum Gasteiger partial charge on any atom is 0.328 e. The summed E-state index contributed by atoms with van der Waals surface area (Å²) >= 11 is 0. The molecule has 0 aromatic heterocycles. The van der Waals surface area contributed by atoms with E-state index in [1.54, 1.807) is 13.2 Å². The van der Waals surface area contributed by atoms with Crippen LogP contribution in [-0.4, -0.2) is 48.8 Å². The third kappa shape index (κ3) is 2.64. The smallest absolute Gasteiger partial charge is 0.328 e. The third-order valence-electron chi connectivity index (χ3n) is 1.88. The van der Waals surface area contributed by atoms with E-state index >= 15 is 0 Å². The number of carboxylic acid groups (broad SMARTS) is 1. The molecule has 0 amide bonds. The van der Waals surface area contributed by atoms with Gasteiger partial charge in [-0.3, -0.25) is 4.90 Å². The van der Waals surface area contributed by atoms with Gasteiger partial charge >= 0.3 is 5.97 Å². The molecule has 0 aromatic carbocycles. The van der Waals surface area contributed by atoms with E-state index in [-0.39, 0.29) is 0 Å². The minimum atomic E-state index is -0.890. The summed E-state index contributed by atoms with van der Waals surface area (Å²) in [6.07, 6.45) is 3.15. The first-order valence-corrected chi connectivity index (χ1v) is 3.87. The normalized spacial score (nSPS) is 19.8. The van der Waals surface area contributed by atoms with E-state index in [1.807, 2.05) is 0 Å². The average Bonchev–Trinajstić information content (AvgIpc) is 1.93. The van der Waals surface area contributed by atoms with Gasteiger partial charge in [-0.2, -0.15) is 0 Å². The van der Waals surface area contributed by atoms with Crippen molar-refractivity contribution < 1.29 is 14.6 Å². The highest BCUT2D eigenvalue weighted by Crippen LogP contribution is 2.09. The molecule has 0 unspecified atom stereocenters. The zero-order valence-corrected chi connectivity index (χ0v) is 7.06. The van der Waals surface area contributed by atoms with E-state index in [9.17, 15) is 4.79 Å². The summed E-state index contributed by atoms with van der Waals surface area (Å²) in [5.41, 5.74) is 0. The van der Waals surface area contributed by atoms with E-state index < -0.39 is 5.97 Å². The summed E-state index contributed by atoms with van der Waals surface area (Å²) < 4.78 is 5.06. The van der Waals surface area contributed by atoms with Crippen molar-refractivity contribution >= 4 is 5.97 Å². The minimum absolute atomic E-state index is 0.336. The standard InChI is InChI=1S/C8H13NO3/c1-12-7-5-9(6-7)4-2-3-8(10)11/h2-3,7H,4-6H2,1H3,(H,10,11)/b3-2+. The number of methoxy groups -OCH3 is 1. The highest BCUT2D eigenvalue weighted by Gasteiger charge is 2.24. The molecule has 68 valence electrons. The molecule has 4 heteroatoms. The van der Waals surface area contributed by atoms with Crippen molar-refractivity contribution in [3.8, 4) is 0 Å². The van der Waals surface area contributed by atoms with Crippen LogP contribution in [0.1, 0.15) is 0 Å². The van der Waals surface area contributed by atoms with Gasteiger partial charge in [-0.15, -0.1) is 0 Å². The van der Waals surface area contributed by atoms with Gasteiger partial charge in [0.15, 0.2) is 0 Å². The van der Waals surface area contributed by atoms with Gasteiger partial charge in [-0.25, -0.2) is 4.79 Å². The molecule has 1 rings (SSSR count). The van der Waals surface area contributed by atoms with Gasteiger partial charge in [0.05, 0.1) is 6.10 Å². The summed E-state index contributed by atoms with van der Waals surface area (Å²) in [4.78, 5) is 12.2. The Hall–Kier alpha value is -0.870. The molecule has 1 heterocycles. The molecule has 1 aliphatic rings. The first-order chi connectivity index (χ1) is 5.72. The van der Waals surface area contributed by atoms with Crippen LogP contribution in [0.3, 0.4) is 0 Å². The summed E-state index contributed by atoms with van der Waals surface area (Å²) in [6, 6.07) is 0. The third-order valence-corrected chi connectivity index (χ3v) is 1.88. The van der Waals surface area contributed by atoms with Gasteiger partial charge in [-0.1, -0.05) is 6.08 Å². The number of hydrogen-bond donors (Lipinski definition) is 1. The molecule has 4 nitrogen and oxygen atoms in total. The second-order valence-corrected chi connectivity index (χ2v) is 2.82. The zero-order chi connectivity index (χ0) is 8.97. The number of carbonyl (C=O) groups is 1. The fourth-order valence-electron chi connectivity index (χ4n) is 1.12. The number of aliphatic carboxylic acids is 1. The molecule has 1 N–H and O–H groups in total. The second-order valence-electron chi connectivity index (χ2n) is 2.82. The predicted octanol–water partition coefficient (Wildman–Crippen LogP) is -0.0422. The van der Waals surface area contributed by atoms with Crippen LogP contribution < -0.4 is 0 Å². The van der Waals surface area contributed by atoms with Gasteiger partial charge in [0.25, 0.3) is 0 Å². The maximum atomic E-state index is 10.1. The molecule has 12 heavy (non-hydrogen) atoms. The SMILES string of the molecule is COC1CN(C/C=C/C(=O)O)C1. The molecule has 1 saturated heterocycles. The monoisotopic (exact) mass is 171 g/mol. The Morgan fingerprint density at radius 2 is 2.42 bits per heavy atom. The van der Waals surface area contributed by atoms with Crippen LogP contribution in [0.25, 0.3) is 0 Å². The van der Waals surface area contributed by atoms with Crippen LogP contribution in [0.5, 0.6) is 0 Å². The molecular weight excluding hydrogens is 158 g/mol. The van der Waals surface area contributed by atoms with E-state index in [0.29, 0.717) is 12.6 Å². The highest BCUT2D eigenvalue weighted by molar-refractivity contribution is 5.79. The Balaban J connectivity index is 2.07. The van der Waals surface area contributed by atoms with Gasteiger partial charge in [0.2, 0.25) is 0 Å². The Morgan fingerprint density at radius 1 is 1.75 bits per heavy atom. The van der Waals surface area contributed by atoms with Gasteiger partial charge in [-0.05, 0) is 0 Å². The van der Waals surface area contributed by atoms with Crippen LogP contribution in [0.15, 0.2) is 12.2 Å². The van der Waals surface area contributed by atoms with E-state index in [1.165, 1.54) is 6.08 Å². The largest absolute Gasteiger partial charge is 0.478 e. The quantitative estimate of drug-likeness (QED) is 0.603. The van der Waals surface area contributed by atoms with Gasteiger partial charge < -0.3 is 9.84 Å². The van der Waals surface area contributed by atoms with Gasteiger partial charge in [0.1, 0.15) is 0 Å². The minimum Gasteiger partial charge on any atom is -0.478 e. The fraction of sp³-hybridized carbons (Fsp3) is 0.625. The van der Waals surface area contributed by atoms with Crippen LogP contribution in [-0.2, 0) is 9.53 Å². The van der Waals surface area contributed by atoms with Crippen LogP contribution in [0.4, 0.5) is 0 Å². The van der Waals surface area contributed by atoms with Crippen molar-refractivity contribution in [3.05, 3.63) is 12.2 Å². The second kappa shape index (κ2) is 4.23. The molecule has 1 aliphatic heterocycles. The molecule has 0 spiro atoms. The summed E-state index contributed by atoms with van der Waals surface area (Å²) in [5, 5.41) is 8.29. The lowest BCUT2D eigenvalue weighted by molar-refractivity contribution is -0.131.